The zero-order chi connectivity index (χ0) is 17.1. The van der Waals surface area contributed by atoms with Crippen molar-refractivity contribution in [3.05, 3.63) is 0 Å². The molecule has 6 heteroatoms. The molecule has 136 valence electrons. The first kappa shape index (κ1) is 20.4. The van der Waals surface area contributed by atoms with Crippen LogP contribution >= 0.6 is 0 Å². The Morgan fingerprint density at radius 1 is 0.913 bits per heavy atom. The molecule has 1 aliphatic rings. The molecule has 4 N–H and O–H groups in total. The summed E-state index contributed by atoms with van der Waals surface area (Å²) in [5, 5.41) is 30.9. The summed E-state index contributed by atoms with van der Waals surface area (Å²) in [5.74, 6) is -0.0837. The molecule has 4 atom stereocenters. The molecule has 1 saturated heterocycles. The number of carbonyl (C=O) groups excluding carboxylic acids is 1. The zero-order valence-electron chi connectivity index (χ0n) is 14.2. The Kier molecular flexibility index (Phi) is 10.4. The van der Waals surface area contributed by atoms with Crippen LogP contribution in [0.3, 0.4) is 0 Å². The van der Waals surface area contributed by atoms with Gasteiger partial charge >= 0.3 is 0 Å². The number of aliphatic hydroxyl groups is 3. The molecular weight excluding hydrogens is 298 g/mol. The predicted molar refractivity (Wildman–Crippen MR) is 87.7 cm³/mol. The predicted octanol–water partition coefficient (Wildman–Crippen LogP) is 1.46. The lowest BCUT2D eigenvalue weighted by Crippen LogP contribution is -2.39. The van der Waals surface area contributed by atoms with Crippen LogP contribution in [0, 0.1) is 0 Å². The lowest BCUT2D eigenvalue weighted by Gasteiger charge is -2.14. The Hall–Kier alpha value is -0.690. The summed E-state index contributed by atoms with van der Waals surface area (Å²) in [5.41, 5.74) is 0. The molecule has 23 heavy (non-hydrogen) atoms. The third-order valence-corrected chi connectivity index (χ3v) is 4.35. The second-order valence-electron chi connectivity index (χ2n) is 6.43. The minimum atomic E-state index is -1.38. The minimum absolute atomic E-state index is 0.0837. The molecule has 6 nitrogen and oxygen atoms in total. The molecule has 1 rings (SSSR count). The van der Waals surface area contributed by atoms with Crippen LogP contribution in [-0.2, 0) is 9.53 Å². The number of aliphatic hydroxyl groups excluding tert-OH is 3. The van der Waals surface area contributed by atoms with E-state index in [9.17, 15) is 20.1 Å². The molecule has 0 radical (unpaired) electrons. The largest absolute Gasteiger partial charge is 0.387 e. The lowest BCUT2D eigenvalue weighted by atomic mass is 10.1. The normalized spacial score (nSPS) is 27.3. The average molecular weight is 331 g/mol. The first-order valence-electron chi connectivity index (χ1n) is 9.02. The van der Waals surface area contributed by atoms with E-state index in [2.05, 4.69) is 12.2 Å². The Balaban J connectivity index is 1.95. The minimum Gasteiger partial charge on any atom is -0.387 e. The van der Waals surface area contributed by atoms with E-state index in [-0.39, 0.29) is 12.5 Å². The highest BCUT2D eigenvalue weighted by Gasteiger charge is 2.41. The second-order valence-corrected chi connectivity index (χ2v) is 6.43. The van der Waals surface area contributed by atoms with Crippen molar-refractivity contribution in [2.24, 2.45) is 0 Å². The van der Waals surface area contributed by atoms with Crippen molar-refractivity contribution in [2.75, 3.05) is 6.54 Å². The van der Waals surface area contributed by atoms with Crippen LogP contribution in [0.5, 0.6) is 0 Å². The maximum absolute atomic E-state index is 11.7. The second kappa shape index (κ2) is 11.8. The fourth-order valence-corrected chi connectivity index (χ4v) is 2.80. The summed E-state index contributed by atoms with van der Waals surface area (Å²) in [6, 6.07) is 0. The summed E-state index contributed by atoms with van der Waals surface area (Å²) in [6.07, 6.45) is 6.70. The highest BCUT2D eigenvalue weighted by Crippen LogP contribution is 2.18. The van der Waals surface area contributed by atoms with E-state index in [0.29, 0.717) is 6.42 Å². The highest BCUT2D eigenvalue weighted by atomic mass is 16.6. The summed E-state index contributed by atoms with van der Waals surface area (Å²) in [7, 11) is 0. The topological polar surface area (TPSA) is 99.0 Å². The summed E-state index contributed by atoms with van der Waals surface area (Å²) in [6.45, 7) is 2.32. The van der Waals surface area contributed by atoms with E-state index in [1.165, 1.54) is 44.9 Å². The molecule has 1 aliphatic heterocycles. The third-order valence-electron chi connectivity index (χ3n) is 4.35. The maximum Gasteiger partial charge on any atom is 0.220 e. The fourth-order valence-electron chi connectivity index (χ4n) is 2.80. The Morgan fingerprint density at radius 3 is 2.00 bits per heavy atom. The van der Waals surface area contributed by atoms with Gasteiger partial charge in [-0.15, -0.1) is 0 Å². The molecule has 1 heterocycles. The van der Waals surface area contributed by atoms with Crippen molar-refractivity contribution < 1.29 is 24.9 Å². The van der Waals surface area contributed by atoms with Crippen LogP contribution in [0.15, 0.2) is 0 Å². The van der Waals surface area contributed by atoms with Gasteiger partial charge in [-0.25, -0.2) is 0 Å². The molecule has 1 amide bonds. The molecule has 1 unspecified atom stereocenters. The number of rotatable bonds is 12. The number of hydrogen-bond donors (Lipinski definition) is 4. The van der Waals surface area contributed by atoms with Gasteiger partial charge in [0.1, 0.15) is 18.3 Å². The number of nitrogens with one attached hydrogen (secondary N) is 1. The maximum atomic E-state index is 11.7. The SMILES string of the molecule is CCCCCCCCCCCC(=O)NC[C@H]1OC(O)[C@H](O)[C@H]1O. The van der Waals surface area contributed by atoms with E-state index in [4.69, 9.17) is 4.74 Å². The van der Waals surface area contributed by atoms with E-state index >= 15 is 0 Å². The van der Waals surface area contributed by atoms with Gasteiger partial charge in [-0.1, -0.05) is 58.3 Å². The zero-order valence-corrected chi connectivity index (χ0v) is 14.2. The first-order chi connectivity index (χ1) is 11.1. The molecule has 1 fully saturated rings. The Morgan fingerprint density at radius 2 is 1.48 bits per heavy atom. The van der Waals surface area contributed by atoms with Gasteiger partial charge in [0.05, 0.1) is 0 Å². The molecule has 0 bridgehead atoms. The number of hydrogen-bond acceptors (Lipinski definition) is 5. The average Bonchev–Trinajstić information content (AvgIpc) is 2.78. The van der Waals surface area contributed by atoms with Crippen molar-refractivity contribution >= 4 is 5.91 Å². The molecule has 0 aromatic heterocycles. The van der Waals surface area contributed by atoms with Crippen LogP contribution in [0.4, 0.5) is 0 Å². The van der Waals surface area contributed by atoms with Gasteiger partial charge in [-0.3, -0.25) is 4.79 Å². The number of amides is 1. The number of carbonyl (C=O) groups is 1. The van der Waals surface area contributed by atoms with Crippen molar-refractivity contribution in [1.82, 2.24) is 5.32 Å². The van der Waals surface area contributed by atoms with Crippen LogP contribution < -0.4 is 5.32 Å². The first-order valence-corrected chi connectivity index (χ1v) is 9.02. The van der Waals surface area contributed by atoms with Crippen LogP contribution in [0.25, 0.3) is 0 Å². The number of unbranched alkanes of at least 4 members (excludes halogenated alkanes) is 8. The van der Waals surface area contributed by atoms with E-state index < -0.39 is 24.6 Å². The monoisotopic (exact) mass is 331 g/mol. The molecule has 0 aliphatic carbocycles. The van der Waals surface area contributed by atoms with E-state index in [1.807, 2.05) is 0 Å². The summed E-state index contributed by atoms with van der Waals surface area (Å²) in [4.78, 5) is 11.7. The van der Waals surface area contributed by atoms with Gasteiger partial charge in [-0.2, -0.15) is 0 Å². The van der Waals surface area contributed by atoms with Crippen LogP contribution in [0.1, 0.15) is 71.1 Å². The van der Waals surface area contributed by atoms with Gasteiger partial charge < -0.3 is 25.4 Å². The standard InChI is InChI=1S/C17H33NO5/c1-2-3-4-5-6-7-8-9-10-11-14(19)18-12-13-15(20)16(21)17(22)23-13/h13,15-17,20-22H,2-12H2,1H3,(H,18,19)/t13-,15+,16-,17?/m1/s1. The van der Waals surface area contributed by atoms with Gasteiger partial charge in [0.2, 0.25) is 5.91 Å². The molecule has 0 aromatic carbocycles. The Labute approximate surface area is 139 Å². The summed E-state index contributed by atoms with van der Waals surface area (Å²) < 4.78 is 4.97. The summed E-state index contributed by atoms with van der Waals surface area (Å²) >= 11 is 0. The molecule has 0 aromatic rings. The van der Waals surface area contributed by atoms with Crippen molar-refractivity contribution in [3.8, 4) is 0 Å². The van der Waals surface area contributed by atoms with E-state index in [1.54, 1.807) is 0 Å². The van der Waals surface area contributed by atoms with Crippen LogP contribution in [0.2, 0.25) is 0 Å². The van der Waals surface area contributed by atoms with E-state index in [0.717, 1.165) is 12.8 Å². The fraction of sp³-hybridized carbons (Fsp3) is 0.941. The van der Waals surface area contributed by atoms with Crippen molar-refractivity contribution in [1.29, 1.82) is 0 Å². The number of ether oxygens (including phenoxy) is 1. The highest BCUT2D eigenvalue weighted by molar-refractivity contribution is 5.75. The van der Waals surface area contributed by atoms with Gasteiger partial charge in [0, 0.05) is 13.0 Å². The smallest absolute Gasteiger partial charge is 0.220 e. The lowest BCUT2D eigenvalue weighted by molar-refractivity contribution is -0.130. The third kappa shape index (κ3) is 8.11. The van der Waals surface area contributed by atoms with Gasteiger partial charge in [0.25, 0.3) is 0 Å². The molecular formula is C17H33NO5. The van der Waals surface area contributed by atoms with Crippen LogP contribution in [-0.4, -0.2) is 52.4 Å². The van der Waals surface area contributed by atoms with Gasteiger partial charge in [0.15, 0.2) is 6.29 Å². The quantitative estimate of drug-likeness (QED) is 0.406. The van der Waals surface area contributed by atoms with Crippen molar-refractivity contribution in [2.45, 2.75) is 95.7 Å². The van der Waals surface area contributed by atoms with Crippen molar-refractivity contribution in [3.63, 3.8) is 0 Å². The van der Waals surface area contributed by atoms with Gasteiger partial charge in [-0.05, 0) is 6.42 Å². The Bertz CT molecular complexity index is 326. The molecule has 0 saturated carbocycles. The molecule has 0 spiro atoms.